The highest BCUT2D eigenvalue weighted by atomic mass is 19.1. The lowest BCUT2D eigenvalue weighted by Gasteiger charge is -2.42. The lowest BCUT2D eigenvalue weighted by atomic mass is 9.89. The van der Waals surface area contributed by atoms with Gasteiger partial charge in [-0.2, -0.15) is 0 Å². The lowest BCUT2D eigenvalue weighted by Crippen LogP contribution is -2.44. The van der Waals surface area contributed by atoms with Crippen LogP contribution in [0.2, 0.25) is 0 Å². The zero-order valence-corrected chi connectivity index (χ0v) is 25.8. The molecule has 1 fully saturated rings. The SMILES string of the molecule is COC1(C)CCN(c2c(-c3ccc(OCCc4ccc(F)cc4)cc3)c(C)nc(C)c2C(OC(C)(C)C)C(=O)O)CC1. The van der Waals surface area contributed by atoms with Crippen LogP contribution in [0.5, 0.6) is 5.75 Å². The smallest absolute Gasteiger partial charge is 0.337 e. The minimum atomic E-state index is -1.18. The van der Waals surface area contributed by atoms with Crippen molar-refractivity contribution < 1.29 is 28.5 Å². The molecular formula is C34H43FN2O5. The fraction of sp³-hybridized carbons (Fsp3) is 0.471. The molecule has 1 aliphatic rings. The number of rotatable bonds is 10. The van der Waals surface area contributed by atoms with Crippen LogP contribution in [-0.2, 0) is 20.7 Å². The molecule has 1 saturated heterocycles. The molecule has 0 saturated carbocycles. The van der Waals surface area contributed by atoms with E-state index in [0.717, 1.165) is 40.9 Å². The topological polar surface area (TPSA) is 81.1 Å². The Hall–Kier alpha value is -3.49. The minimum absolute atomic E-state index is 0.227. The number of carbonyl (C=O) groups is 1. The second-order valence-corrected chi connectivity index (χ2v) is 12.3. The molecule has 1 aromatic heterocycles. The summed E-state index contributed by atoms with van der Waals surface area (Å²) in [7, 11) is 1.74. The van der Waals surface area contributed by atoms with Gasteiger partial charge in [-0.1, -0.05) is 24.3 Å². The number of piperidine rings is 1. The van der Waals surface area contributed by atoms with Crippen LogP contribution in [0.4, 0.5) is 10.1 Å². The number of aryl methyl sites for hydroxylation is 2. The van der Waals surface area contributed by atoms with Gasteiger partial charge in [0.1, 0.15) is 11.6 Å². The standard InChI is InChI=1S/C34H43FN2O5/c1-22-28(25-10-14-27(15-11-25)41-21-16-24-8-12-26(35)13-9-24)30(37-19-17-34(6,40-7)18-20-37)29(23(2)36-22)31(32(38)39)42-33(3,4)5/h8-15,31H,16-21H2,1-7H3,(H,38,39). The number of pyridine rings is 1. The molecule has 0 amide bonds. The number of hydrogen-bond donors (Lipinski definition) is 1. The van der Waals surface area contributed by atoms with Crippen molar-refractivity contribution in [3.63, 3.8) is 0 Å². The average Bonchev–Trinajstić information content (AvgIpc) is 2.93. The van der Waals surface area contributed by atoms with Gasteiger partial charge < -0.3 is 24.2 Å². The first-order valence-corrected chi connectivity index (χ1v) is 14.5. The molecule has 42 heavy (non-hydrogen) atoms. The van der Waals surface area contributed by atoms with E-state index >= 15 is 0 Å². The average molecular weight is 579 g/mol. The molecule has 3 aromatic rings. The quantitative estimate of drug-likeness (QED) is 0.276. The molecule has 4 rings (SSSR count). The number of hydrogen-bond acceptors (Lipinski definition) is 6. The number of aromatic nitrogens is 1. The van der Waals surface area contributed by atoms with Gasteiger partial charge in [-0.25, -0.2) is 9.18 Å². The van der Waals surface area contributed by atoms with Crippen LogP contribution in [0, 0.1) is 19.7 Å². The van der Waals surface area contributed by atoms with Crippen LogP contribution >= 0.6 is 0 Å². The van der Waals surface area contributed by atoms with Crippen LogP contribution < -0.4 is 9.64 Å². The molecule has 1 aliphatic heterocycles. The molecule has 0 radical (unpaired) electrons. The molecule has 8 heteroatoms. The van der Waals surface area contributed by atoms with E-state index in [9.17, 15) is 14.3 Å². The highest BCUT2D eigenvalue weighted by Gasteiger charge is 2.37. The summed E-state index contributed by atoms with van der Waals surface area (Å²) in [6.45, 7) is 13.4. The third kappa shape index (κ3) is 7.47. The first-order chi connectivity index (χ1) is 19.8. The number of halogens is 1. The maximum atomic E-state index is 13.2. The number of carboxylic acid groups (broad SMARTS) is 1. The van der Waals surface area contributed by atoms with Gasteiger partial charge in [-0.3, -0.25) is 4.98 Å². The monoisotopic (exact) mass is 578 g/mol. The van der Waals surface area contributed by atoms with Crippen LogP contribution in [0.15, 0.2) is 48.5 Å². The molecule has 2 heterocycles. The number of methoxy groups -OCH3 is 1. The number of aliphatic carboxylic acids is 1. The Morgan fingerprint density at radius 3 is 2.21 bits per heavy atom. The summed E-state index contributed by atoms with van der Waals surface area (Å²) < 4.78 is 31.1. The molecule has 1 atom stereocenters. The number of benzene rings is 2. The summed E-state index contributed by atoms with van der Waals surface area (Å²) in [5.74, 6) is -0.584. The normalized spacial score (nSPS) is 15.9. The molecule has 1 unspecified atom stereocenters. The fourth-order valence-corrected chi connectivity index (χ4v) is 5.48. The van der Waals surface area contributed by atoms with E-state index in [2.05, 4.69) is 11.8 Å². The number of anilines is 1. The lowest BCUT2D eigenvalue weighted by molar-refractivity contribution is -0.160. The van der Waals surface area contributed by atoms with Gasteiger partial charge in [0.25, 0.3) is 0 Å². The van der Waals surface area contributed by atoms with Crippen molar-refractivity contribution in [3.8, 4) is 16.9 Å². The summed E-state index contributed by atoms with van der Waals surface area (Å²) in [6, 6.07) is 14.2. The largest absolute Gasteiger partial charge is 0.493 e. The van der Waals surface area contributed by atoms with Crippen molar-refractivity contribution in [2.45, 2.75) is 78.1 Å². The second kappa shape index (κ2) is 12.8. The van der Waals surface area contributed by atoms with Crippen LogP contribution in [-0.4, -0.2) is 54.1 Å². The first kappa shape index (κ1) is 31.4. The van der Waals surface area contributed by atoms with Crippen molar-refractivity contribution in [2.75, 3.05) is 31.7 Å². The summed E-state index contributed by atoms with van der Waals surface area (Å²) in [5.41, 5.74) is 4.79. The molecule has 0 aliphatic carbocycles. The van der Waals surface area contributed by atoms with Crippen LogP contribution in [0.25, 0.3) is 11.1 Å². The van der Waals surface area contributed by atoms with Crippen molar-refractivity contribution in [1.29, 1.82) is 0 Å². The Balaban J connectivity index is 1.72. The van der Waals surface area contributed by atoms with Gasteiger partial charge in [-0.15, -0.1) is 0 Å². The molecule has 1 N–H and O–H groups in total. The molecule has 7 nitrogen and oxygen atoms in total. The van der Waals surface area contributed by atoms with E-state index in [1.165, 1.54) is 12.1 Å². The summed E-state index contributed by atoms with van der Waals surface area (Å²) in [4.78, 5) is 19.8. The van der Waals surface area contributed by atoms with Crippen molar-refractivity contribution in [3.05, 3.63) is 76.9 Å². The maximum Gasteiger partial charge on any atom is 0.337 e. The molecular weight excluding hydrogens is 535 g/mol. The Bertz CT molecular complexity index is 1380. The minimum Gasteiger partial charge on any atom is -0.493 e. The van der Waals surface area contributed by atoms with E-state index in [0.29, 0.717) is 43.1 Å². The van der Waals surface area contributed by atoms with Gasteiger partial charge in [0.2, 0.25) is 0 Å². The molecule has 226 valence electrons. The Morgan fingerprint density at radius 2 is 1.67 bits per heavy atom. The number of ether oxygens (including phenoxy) is 3. The summed E-state index contributed by atoms with van der Waals surface area (Å²) in [6.07, 6.45) is 1.09. The number of carboxylic acids is 1. The van der Waals surface area contributed by atoms with E-state index in [1.807, 2.05) is 58.9 Å². The van der Waals surface area contributed by atoms with Crippen LogP contribution in [0.3, 0.4) is 0 Å². The van der Waals surface area contributed by atoms with Crippen LogP contribution in [0.1, 0.15) is 69.2 Å². The predicted octanol–water partition coefficient (Wildman–Crippen LogP) is 7.07. The third-order valence-corrected chi connectivity index (χ3v) is 7.88. The molecule has 0 bridgehead atoms. The third-order valence-electron chi connectivity index (χ3n) is 7.88. The summed E-state index contributed by atoms with van der Waals surface area (Å²) >= 11 is 0. The van der Waals surface area contributed by atoms with Crippen molar-refractivity contribution in [1.82, 2.24) is 4.98 Å². The van der Waals surface area contributed by atoms with E-state index < -0.39 is 17.7 Å². The molecule has 0 spiro atoms. The van der Waals surface area contributed by atoms with E-state index in [1.54, 1.807) is 19.2 Å². The van der Waals surface area contributed by atoms with Crippen molar-refractivity contribution >= 4 is 11.7 Å². The Kier molecular flexibility index (Phi) is 9.58. The van der Waals surface area contributed by atoms with Gasteiger partial charge >= 0.3 is 5.97 Å². The van der Waals surface area contributed by atoms with E-state index in [-0.39, 0.29) is 11.4 Å². The highest BCUT2D eigenvalue weighted by molar-refractivity contribution is 5.88. The maximum absolute atomic E-state index is 13.2. The number of nitrogens with zero attached hydrogens (tertiary/aromatic N) is 2. The Labute approximate surface area is 248 Å². The van der Waals surface area contributed by atoms with Crippen molar-refractivity contribution in [2.24, 2.45) is 0 Å². The first-order valence-electron chi connectivity index (χ1n) is 14.5. The predicted molar refractivity (Wildman–Crippen MR) is 163 cm³/mol. The van der Waals surface area contributed by atoms with Gasteiger partial charge in [-0.05, 0) is 89.8 Å². The zero-order chi connectivity index (χ0) is 30.7. The molecule has 2 aromatic carbocycles. The summed E-state index contributed by atoms with van der Waals surface area (Å²) in [5, 5.41) is 10.4. The van der Waals surface area contributed by atoms with Gasteiger partial charge in [0.15, 0.2) is 6.10 Å². The van der Waals surface area contributed by atoms with Gasteiger partial charge in [0, 0.05) is 49.1 Å². The second-order valence-electron chi connectivity index (χ2n) is 12.3. The fourth-order valence-electron chi connectivity index (χ4n) is 5.48. The van der Waals surface area contributed by atoms with E-state index in [4.69, 9.17) is 19.2 Å². The highest BCUT2D eigenvalue weighted by Crippen LogP contribution is 2.44. The zero-order valence-electron chi connectivity index (χ0n) is 25.8. The Morgan fingerprint density at radius 1 is 1.05 bits per heavy atom. The van der Waals surface area contributed by atoms with Gasteiger partial charge in [0.05, 0.1) is 23.5 Å².